The zero-order chi connectivity index (χ0) is 17.1. The van der Waals surface area contributed by atoms with Gasteiger partial charge in [-0.3, -0.25) is 4.79 Å². The molecule has 0 saturated carbocycles. The van der Waals surface area contributed by atoms with Crippen molar-refractivity contribution in [2.45, 2.75) is 40.0 Å². The van der Waals surface area contributed by atoms with Crippen molar-refractivity contribution in [2.24, 2.45) is 0 Å². The molecule has 24 heavy (non-hydrogen) atoms. The molecule has 0 fully saturated rings. The molecule has 2 heterocycles. The molecule has 1 amide bonds. The van der Waals surface area contributed by atoms with Gasteiger partial charge in [-0.05, 0) is 50.8 Å². The Morgan fingerprint density at radius 3 is 2.67 bits per heavy atom. The number of amides is 1. The van der Waals surface area contributed by atoms with Crippen LogP contribution in [-0.4, -0.2) is 20.5 Å². The molecular weight excluding hydrogens is 300 g/mol. The maximum Gasteiger partial charge on any atom is 0.224 e. The Morgan fingerprint density at radius 1 is 1.17 bits per heavy atom. The topological polar surface area (TPSA) is 59.3 Å². The van der Waals surface area contributed by atoms with Gasteiger partial charge < -0.3 is 5.32 Å². The number of nitrogens with one attached hydrogen (secondary N) is 1. The number of carbonyl (C=O) groups is 1. The molecule has 3 rings (SSSR count). The molecule has 0 radical (unpaired) electrons. The third kappa shape index (κ3) is 3.79. The van der Waals surface area contributed by atoms with Crippen molar-refractivity contribution in [1.82, 2.24) is 14.6 Å². The smallest absolute Gasteiger partial charge is 0.224 e. The third-order valence-corrected chi connectivity index (χ3v) is 4.00. The summed E-state index contributed by atoms with van der Waals surface area (Å²) in [5, 5.41) is 7.26. The van der Waals surface area contributed by atoms with Crippen molar-refractivity contribution >= 4 is 17.2 Å². The number of aryl methyl sites for hydroxylation is 4. The average molecular weight is 322 g/mol. The van der Waals surface area contributed by atoms with Crippen molar-refractivity contribution in [3.63, 3.8) is 0 Å². The number of benzene rings is 1. The van der Waals surface area contributed by atoms with E-state index in [0.29, 0.717) is 6.42 Å². The van der Waals surface area contributed by atoms with Gasteiger partial charge in [-0.1, -0.05) is 29.8 Å². The lowest BCUT2D eigenvalue weighted by molar-refractivity contribution is -0.116. The van der Waals surface area contributed by atoms with E-state index in [2.05, 4.69) is 46.6 Å². The zero-order valence-electron chi connectivity index (χ0n) is 14.3. The fourth-order valence-corrected chi connectivity index (χ4v) is 2.76. The number of nitrogens with zero attached hydrogens (tertiary/aromatic N) is 3. The van der Waals surface area contributed by atoms with Crippen molar-refractivity contribution in [2.75, 3.05) is 5.32 Å². The monoisotopic (exact) mass is 322 g/mol. The van der Waals surface area contributed by atoms with E-state index in [1.54, 1.807) is 10.7 Å². The Bertz CT molecular complexity index is 865. The molecule has 5 heteroatoms. The number of hydrogen-bond donors (Lipinski definition) is 1. The third-order valence-electron chi connectivity index (χ3n) is 4.00. The fraction of sp³-hybridized carbons (Fsp3) is 0.316. The van der Waals surface area contributed by atoms with Gasteiger partial charge in [-0.15, -0.1) is 0 Å². The summed E-state index contributed by atoms with van der Waals surface area (Å²) in [5.74, 6) is 0.748. The number of anilines is 1. The number of fused-ring (bicyclic) bond motifs is 1. The lowest BCUT2D eigenvalue weighted by Crippen LogP contribution is -2.12. The van der Waals surface area contributed by atoms with Crippen LogP contribution in [0.1, 0.15) is 35.4 Å². The van der Waals surface area contributed by atoms with E-state index in [9.17, 15) is 4.79 Å². The SMILES string of the molecule is Cc1ccc(CCCC(=O)Nc2cc(C)c3nc(C)nn3c2)cc1. The van der Waals surface area contributed by atoms with Crippen LogP contribution in [0, 0.1) is 20.8 Å². The molecule has 0 aliphatic rings. The molecule has 1 aromatic carbocycles. The molecule has 3 aromatic rings. The molecule has 0 unspecified atom stereocenters. The Labute approximate surface area is 141 Å². The first-order chi connectivity index (χ1) is 11.5. The van der Waals surface area contributed by atoms with Gasteiger partial charge in [-0.2, -0.15) is 5.10 Å². The van der Waals surface area contributed by atoms with E-state index >= 15 is 0 Å². The number of hydrogen-bond acceptors (Lipinski definition) is 3. The highest BCUT2D eigenvalue weighted by Gasteiger charge is 2.08. The van der Waals surface area contributed by atoms with E-state index in [1.807, 2.05) is 19.9 Å². The summed E-state index contributed by atoms with van der Waals surface area (Å²) in [6.07, 6.45) is 4.05. The van der Waals surface area contributed by atoms with Crippen LogP contribution >= 0.6 is 0 Å². The molecule has 0 bridgehead atoms. The summed E-state index contributed by atoms with van der Waals surface area (Å²) in [6.45, 7) is 5.90. The maximum absolute atomic E-state index is 12.2. The van der Waals surface area contributed by atoms with E-state index < -0.39 is 0 Å². The lowest BCUT2D eigenvalue weighted by Gasteiger charge is -2.07. The molecule has 0 atom stereocenters. The second-order valence-electron chi connectivity index (χ2n) is 6.23. The van der Waals surface area contributed by atoms with Crippen LogP contribution in [0.3, 0.4) is 0 Å². The summed E-state index contributed by atoms with van der Waals surface area (Å²) in [6, 6.07) is 10.4. The van der Waals surface area contributed by atoms with Crippen LogP contribution in [0.25, 0.3) is 5.65 Å². The summed E-state index contributed by atoms with van der Waals surface area (Å²) in [5.41, 5.74) is 5.09. The molecule has 5 nitrogen and oxygen atoms in total. The highest BCUT2D eigenvalue weighted by Crippen LogP contribution is 2.15. The second kappa shape index (κ2) is 6.83. The van der Waals surface area contributed by atoms with Gasteiger partial charge in [0.1, 0.15) is 5.82 Å². The minimum Gasteiger partial charge on any atom is -0.325 e. The van der Waals surface area contributed by atoms with Crippen LogP contribution in [0.2, 0.25) is 0 Å². The Balaban J connectivity index is 1.57. The van der Waals surface area contributed by atoms with Crippen LogP contribution in [0.4, 0.5) is 5.69 Å². The van der Waals surface area contributed by atoms with Gasteiger partial charge in [0.25, 0.3) is 0 Å². The Kier molecular flexibility index (Phi) is 4.60. The molecule has 0 saturated heterocycles. The highest BCUT2D eigenvalue weighted by molar-refractivity contribution is 5.90. The first-order valence-electron chi connectivity index (χ1n) is 8.20. The maximum atomic E-state index is 12.2. The van der Waals surface area contributed by atoms with Crippen molar-refractivity contribution in [3.8, 4) is 0 Å². The summed E-state index contributed by atoms with van der Waals surface area (Å²) < 4.78 is 1.71. The Morgan fingerprint density at radius 2 is 1.92 bits per heavy atom. The van der Waals surface area contributed by atoms with E-state index in [-0.39, 0.29) is 5.91 Å². The molecule has 0 spiro atoms. The predicted octanol–water partition coefficient (Wildman–Crippen LogP) is 3.62. The number of aromatic nitrogens is 3. The summed E-state index contributed by atoms with van der Waals surface area (Å²) in [7, 11) is 0. The molecule has 0 aliphatic carbocycles. The van der Waals surface area contributed by atoms with Crippen LogP contribution < -0.4 is 5.32 Å². The van der Waals surface area contributed by atoms with Gasteiger partial charge in [0, 0.05) is 6.42 Å². The molecule has 1 N–H and O–H groups in total. The van der Waals surface area contributed by atoms with E-state index in [4.69, 9.17) is 0 Å². The first-order valence-corrected chi connectivity index (χ1v) is 8.20. The summed E-state index contributed by atoms with van der Waals surface area (Å²) >= 11 is 0. The average Bonchev–Trinajstić information content (AvgIpc) is 2.90. The van der Waals surface area contributed by atoms with Crippen molar-refractivity contribution < 1.29 is 4.79 Å². The standard InChI is InChI=1S/C19H22N4O/c1-13-7-9-16(10-8-13)5-4-6-18(24)21-17-11-14(2)19-20-15(3)22-23(19)12-17/h7-12H,4-6H2,1-3H3,(H,21,24). The molecular formula is C19H22N4O. The van der Waals surface area contributed by atoms with E-state index in [1.165, 1.54) is 11.1 Å². The van der Waals surface area contributed by atoms with Gasteiger partial charge in [0.2, 0.25) is 5.91 Å². The highest BCUT2D eigenvalue weighted by atomic mass is 16.1. The Hall–Kier alpha value is -2.69. The number of rotatable bonds is 5. The van der Waals surface area contributed by atoms with Gasteiger partial charge >= 0.3 is 0 Å². The van der Waals surface area contributed by atoms with Crippen LogP contribution in [-0.2, 0) is 11.2 Å². The van der Waals surface area contributed by atoms with Crippen LogP contribution in [0.5, 0.6) is 0 Å². The quantitative estimate of drug-likeness (QED) is 0.780. The van der Waals surface area contributed by atoms with Gasteiger partial charge in [0.15, 0.2) is 5.65 Å². The molecule has 0 aliphatic heterocycles. The minimum absolute atomic E-state index is 0.0256. The molecule has 124 valence electrons. The number of carbonyl (C=O) groups excluding carboxylic acids is 1. The summed E-state index contributed by atoms with van der Waals surface area (Å²) in [4.78, 5) is 16.5. The normalized spacial score (nSPS) is 11.0. The largest absolute Gasteiger partial charge is 0.325 e. The lowest BCUT2D eigenvalue weighted by atomic mass is 10.1. The first kappa shape index (κ1) is 16.2. The van der Waals surface area contributed by atoms with Gasteiger partial charge in [0.05, 0.1) is 11.9 Å². The zero-order valence-corrected chi connectivity index (χ0v) is 14.3. The van der Waals surface area contributed by atoms with Crippen LogP contribution in [0.15, 0.2) is 36.5 Å². The van der Waals surface area contributed by atoms with Gasteiger partial charge in [-0.25, -0.2) is 9.50 Å². The second-order valence-corrected chi connectivity index (χ2v) is 6.23. The number of pyridine rings is 1. The fourth-order valence-electron chi connectivity index (χ4n) is 2.76. The van der Waals surface area contributed by atoms with Crippen molar-refractivity contribution in [3.05, 3.63) is 59.0 Å². The predicted molar refractivity (Wildman–Crippen MR) is 95.2 cm³/mol. The molecule has 2 aromatic heterocycles. The van der Waals surface area contributed by atoms with E-state index in [0.717, 1.165) is 35.6 Å². The minimum atomic E-state index is 0.0256. The van der Waals surface area contributed by atoms with Crippen molar-refractivity contribution in [1.29, 1.82) is 0 Å².